The van der Waals surface area contributed by atoms with Crippen LogP contribution in [0.2, 0.25) is 0 Å². The fourth-order valence-corrected chi connectivity index (χ4v) is 13.2. The molecule has 1 aliphatic carbocycles. The molecule has 0 fully saturated rings. The molecule has 2 aliphatic rings. The van der Waals surface area contributed by atoms with Gasteiger partial charge in [-0.05, 0) is 146 Å². The molecule has 3 nitrogen and oxygen atoms in total. The first-order chi connectivity index (χ1) is 39.1. The molecule has 12 aromatic carbocycles. The van der Waals surface area contributed by atoms with Gasteiger partial charge in [0.15, 0.2) is 0 Å². The topological polar surface area (TPSA) is 11.4 Å². The van der Waals surface area contributed by atoms with Crippen LogP contribution < -0.4 is 9.80 Å². The first-order valence-electron chi connectivity index (χ1n) is 27.3. The van der Waals surface area contributed by atoms with E-state index < -0.39 is 5.41 Å². The number of aryl methyl sites for hydroxylation is 1. The molecule has 0 radical (unpaired) electrons. The second kappa shape index (κ2) is 18.5. The highest BCUT2D eigenvalue weighted by Crippen LogP contribution is 2.63. The summed E-state index contributed by atoms with van der Waals surface area (Å²) in [4.78, 5) is 4.93. The van der Waals surface area contributed by atoms with E-state index in [4.69, 9.17) is 0 Å². The van der Waals surface area contributed by atoms with E-state index in [0.29, 0.717) is 0 Å². The molecule has 1 atom stereocenters. The molecule has 0 N–H and O–H groups in total. The second-order valence-electron chi connectivity index (χ2n) is 20.9. The van der Waals surface area contributed by atoms with Crippen LogP contribution in [-0.2, 0) is 5.41 Å². The smallest absolute Gasteiger partial charge is 0.0756 e. The van der Waals surface area contributed by atoms with E-state index in [1.54, 1.807) is 0 Å². The van der Waals surface area contributed by atoms with Crippen LogP contribution in [-0.4, -0.2) is 4.57 Å². The normalized spacial score (nSPS) is 13.9. The van der Waals surface area contributed by atoms with Crippen molar-refractivity contribution < 1.29 is 0 Å². The van der Waals surface area contributed by atoms with Crippen LogP contribution in [0, 0.1) is 6.92 Å². The van der Waals surface area contributed by atoms with Crippen LogP contribution in [0.25, 0.3) is 77.7 Å². The lowest BCUT2D eigenvalue weighted by molar-refractivity contribution is 0.748. The van der Waals surface area contributed by atoms with Crippen molar-refractivity contribution >= 4 is 72.8 Å². The molecule has 1 unspecified atom stereocenters. The highest BCUT2D eigenvalue weighted by Gasteiger charge is 2.51. The number of para-hydroxylation sites is 3. The summed E-state index contributed by atoms with van der Waals surface area (Å²) in [5.74, 6) is 0. The number of aromatic nitrogens is 1. The standard InChI is InChI=1S/C76H53N3/c1-3-4-27-61-51(2)20-17-35-71(61)77(57-41-37-54(38-42-57)52-21-7-5-8-22-52)59-45-47-63-64-48-46-60(78(72-36-18-26-56-25-11-12-28-62(56)72)58-43-39-55(40-44-58)53-23-9-6-10-24-53)50-70(64)76(69(63)49-59)67-31-14-16-34-74(67)79-73-33-15-13-29-65(73)66-30-19-32-68(76)75(66)79/h3-50H,1H2,2H3/b27-4-. The molecular formula is C76H53N3. The molecule has 15 rings (SSSR count). The minimum absolute atomic E-state index is 0.750. The molecule has 1 aliphatic heterocycles. The SMILES string of the molecule is C=C/C=C\c1c(C)cccc1N(c1ccc(-c2ccccc2)cc1)c1ccc2c(c1)C1(c3cc(N(c4ccc(-c5ccccc5)cc4)c4cccc5ccccc45)ccc3-2)c2ccccc2-n2c3ccccc3c3cccc1c32. The van der Waals surface area contributed by atoms with Crippen molar-refractivity contribution in [3.8, 4) is 39.1 Å². The highest BCUT2D eigenvalue weighted by molar-refractivity contribution is 6.13. The first kappa shape index (κ1) is 46.1. The summed E-state index contributed by atoms with van der Waals surface area (Å²) < 4.78 is 2.54. The van der Waals surface area contributed by atoms with Gasteiger partial charge in [0.25, 0.3) is 0 Å². The summed E-state index contributed by atoms with van der Waals surface area (Å²) >= 11 is 0. The van der Waals surface area contributed by atoms with E-state index in [9.17, 15) is 0 Å². The van der Waals surface area contributed by atoms with Gasteiger partial charge < -0.3 is 14.4 Å². The number of rotatable bonds is 10. The third-order valence-corrected chi connectivity index (χ3v) is 16.7. The molecule has 13 aromatic rings. The molecule has 3 heteroatoms. The molecule has 0 amide bonds. The van der Waals surface area contributed by atoms with Gasteiger partial charge in [0, 0.05) is 44.5 Å². The van der Waals surface area contributed by atoms with E-state index in [2.05, 4.69) is 307 Å². The summed E-state index contributed by atoms with van der Waals surface area (Å²) in [5, 5.41) is 4.88. The van der Waals surface area contributed by atoms with Gasteiger partial charge in [-0.1, -0.05) is 225 Å². The van der Waals surface area contributed by atoms with Gasteiger partial charge in [-0.3, -0.25) is 0 Å². The minimum atomic E-state index is -0.750. The summed E-state index contributed by atoms with van der Waals surface area (Å²) in [5.41, 5.74) is 23.9. The Balaban J connectivity index is 1.02. The molecule has 1 spiro atoms. The maximum atomic E-state index is 4.08. The minimum Gasteiger partial charge on any atom is -0.310 e. The van der Waals surface area contributed by atoms with Gasteiger partial charge in [-0.2, -0.15) is 0 Å². The van der Waals surface area contributed by atoms with E-state index in [0.717, 1.165) is 39.7 Å². The van der Waals surface area contributed by atoms with E-state index in [-0.39, 0.29) is 0 Å². The molecule has 372 valence electrons. The maximum Gasteiger partial charge on any atom is 0.0756 e. The molecule has 1 aromatic heterocycles. The second-order valence-corrected chi connectivity index (χ2v) is 20.9. The molecule has 2 heterocycles. The lowest BCUT2D eigenvalue weighted by Crippen LogP contribution is -2.33. The zero-order valence-corrected chi connectivity index (χ0v) is 43.8. The predicted octanol–water partition coefficient (Wildman–Crippen LogP) is 20.4. The van der Waals surface area contributed by atoms with Crippen LogP contribution in [0.3, 0.4) is 0 Å². The average Bonchev–Trinajstić information content (AvgIpc) is 2.41. The summed E-state index contributed by atoms with van der Waals surface area (Å²) in [6, 6.07) is 101. The lowest BCUT2D eigenvalue weighted by atomic mass is 9.65. The molecule has 0 saturated carbocycles. The van der Waals surface area contributed by atoms with E-state index >= 15 is 0 Å². The first-order valence-corrected chi connectivity index (χ1v) is 27.3. The van der Waals surface area contributed by atoms with Crippen LogP contribution >= 0.6 is 0 Å². The van der Waals surface area contributed by atoms with Crippen molar-refractivity contribution in [2.45, 2.75) is 12.3 Å². The summed E-state index contributed by atoms with van der Waals surface area (Å²) in [6.45, 7) is 6.28. The number of benzene rings is 12. The zero-order valence-electron chi connectivity index (χ0n) is 43.8. The van der Waals surface area contributed by atoms with Crippen molar-refractivity contribution in [1.29, 1.82) is 0 Å². The average molecular weight is 1010 g/mol. The Bertz CT molecular complexity index is 4560. The van der Waals surface area contributed by atoms with Crippen LogP contribution in [0.5, 0.6) is 0 Å². The summed E-state index contributed by atoms with van der Waals surface area (Å²) in [7, 11) is 0. The van der Waals surface area contributed by atoms with Crippen LogP contribution in [0.15, 0.2) is 292 Å². The van der Waals surface area contributed by atoms with Crippen molar-refractivity contribution in [2.24, 2.45) is 0 Å². The Morgan fingerprint density at radius 1 is 0.392 bits per heavy atom. The molecule has 0 bridgehead atoms. The molecular weight excluding hydrogens is 955 g/mol. The number of allylic oxidation sites excluding steroid dienone is 2. The maximum absolute atomic E-state index is 4.08. The third kappa shape index (κ3) is 7.13. The highest BCUT2D eigenvalue weighted by atomic mass is 15.2. The predicted molar refractivity (Wildman–Crippen MR) is 333 cm³/mol. The van der Waals surface area contributed by atoms with Crippen LogP contribution in [0.1, 0.15) is 33.4 Å². The van der Waals surface area contributed by atoms with Gasteiger partial charge in [0.1, 0.15) is 0 Å². The largest absolute Gasteiger partial charge is 0.310 e. The Morgan fingerprint density at radius 3 is 1.56 bits per heavy atom. The van der Waals surface area contributed by atoms with Crippen LogP contribution in [0.4, 0.5) is 34.1 Å². The van der Waals surface area contributed by atoms with Gasteiger partial charge >= 0.3 is 0 Å². The fourth-order valence-electron chi connectivity index (χ4n) is 13.2. The number of hydrogen-bond donors (Lipinski definition) is 0. The monoisotopic (exact) mass is 1010 g/mol. The van der Waals surface area contributed by atoms with Crippen molar-refractivity contribution in [3.63, 3.8) is 0 Å². The van der Waals surface area contributed by atoms with E-state index in [1.165, 1.54) is 99.5 Å². The molecule has 0 saturated heterocycles. The number of nitrogens with zero attached hydrogens (tertiary/aromatic N) is 3. The fraction of sp³-hybridized carbons (Fsp3) is 0.0263. The Labute approximate surface area is 461 Å². The van der Waals surface area contributed by atoms with Gasteiger partial charge in [-0.15, -0.1) is 0 Å². The van der Waals surface area contributed by atoms with Crippen molar-refractivity contribution in [2.75, 3.05) is 9.80 Å². The van der Waals surface area contributed by atoms with Gasteiger partial charge in [0.2, 0.25) is 0 Å². The Morgan fingerprint density at radius 2 is 0.886 bits per heavy atom. The Hall–Kier alpha value is -10.2. The molecule has 79 heavy (non-hydrogen) atoms. The van der Waals surface area contributed by atoms with E-state index in [1.807, 2.05) is 12.2 Å². The number of anilines is 6. The number of fused-ring (bicyclic) bond motifs is 13. The quantitative estimate of drug-likeness (QED) is 0.127. The third-order valence-electron chi connectivity index (χ3n) is 16.7. The zero-order chi connectivity index (χ0) is 52.6. The van der Waals surface area contributed by atoms with Gasteiger partial charge in [-0.25, -0.2) is 0 Å². The number of hydrogen-bond acceptors (Lipinski definition) is 2. The van der Waals surface area contributed by atoms with Crippen molar-refractivity contribution in [3.05, 3.63) is 325 Å². The Kier molecular flexibility index (Phi) is 10.8. The lowest BCUT2D eigenvalue weighted by Gasteiger charge is -2.40. The summed E-state index contributed by atoms with van der Waals surface area (Å²) in [6.07, 6.45) is 6.11. The van der Waals surface area contributed by atoms with Crippen molar-refractivity contribution in [1.82, 2.24) is 4.57 Å². The van der Waals surface area contributed by atoms with Gasteiger partial charge in [0.05, 0.1) is 33.5 Å².